The fourth-order valence-electron chi connectivity index (χ4n) is 3.67. The predicted octanol–water partition coefficient (Wildman–Crippen LogP) is 3.52. The van der Waals surface area contributed by atoms with Crippen LogP contribution in [0.2, 0.25) is 0 Å². The maximum Gasteiger partial charge on any atom is 0.315 e. The highest BCUT2D eigenvalue weighted by Crippen LogP contribution is 2.21. The lowest BCUT2D eigenvalue weighted by Crippen LogP contribution is -2.45. The minimum absolute atomic E-state index is 0.0277. The number of nitrogens with zero attached hydrogens (tertiary/aromatic N) is 2. The second-order valence-electron chi connectivity index (χ2n) is 7.09. The number of nitrogens with one attached hydrogen (secondary N) is 2. The first kappa shape index (κ1) is 21.1. The topological polar surface area (TPSA) is 64.7 Å². The molecule has 2 N–H and O–H groups in total. The number of carbonyl (C=O) groups is 2. The minimum atomic E-state index is -0.137. The molecule has 0 atom stereocenters. The zero-order valence-electron chi connectivity index (χ0n) is 17.0. The molecular formula is C21H34N4O2. The van der Waals surface area contributed by atoms with E-state index in [-0.39, 0.29) is 18.0 Å². The molecule has 0 bridgehead atoms. The average Bonchev–Trinajstić information content (AvgIpc) is 2.67. The van der Waals surface area contributed by atoms with Crippen molar-refractivity contribution in [1.82, 2.24) is 10.6 Å². The molecule has 0 spiro atoms. The maximum atomic E-state index is 12.1. The lowest BCUT2D eigenvalue weighted by atomic mass is 9.96. The fraction of sp³-hybridized carbons (Fsp3) is 0.619. The first-order valence-corrected chi connectivity index (χ1v) is 10.2. The van der Waals surface area contributed by atoms with E-state index in [2.05, 4.69) is 29.4 Å². The highest BCUT2D eigenvalue weighted by molar-refractivity contribution is 5.91. The van der Waals surface area contributed by atoms with Crippen molar-refractivity contribution >= 4 is 23.3 Å². The van der Waals surface area contributed by atoms with E-state index in [1.807, 2.05) is 24.3 Å². The first-order chi connectivity index (χ1) is 13.0. The standard InChI is InChI=1S/C21H34N4O2/c1-4-24(5-2)19-11-13-20(14-12-19)25(17(3)26)16-15-22-21(27)23-18-9-7-6-8-10-18/h11-14,18H,4-10,15-16H2,1-3H3,(H2,22,23,27). The van der Waals surface area contributed by atoms with Crippen molar-refractivity contribution < 1.29 is 9.59 Å². The largest absolute Gasteiger partial charge is 0.372 e. The second-order valence-corrected chi connectivity index (χ2v) is 7.09. The predicted molar refractivity (Wildman–Crippen MR) is 111 cm³/mol. The quantitative estimate of drug-likeness (QED) is 0.732. The number of hydrogen-bond acceptors (Lipinski definition) is 3. The summed E-state index contributed by atoms with van der Waals surface area (Å²) in [5.74, 6) is -0.0277. The number of rotatable bonds is 8. The molecule has 0 heterocycles. The van der Waals surface area contributed by atoms with E-state index in [1.54, 1.807) is 11.8 Å². The van der Waals surface area contributed by atoms with Gasteiger partial charge < -0.3 is 20.4 Å². The van der Waals surface area contributed by atoms with Gasteiger partial charge in [0.15, 0.2) is 0 Å². The molecule has 1 aromatic carbocycles. The van der Waals surface area contributed by atoms with Crippen LogP contribution in [0, 0.1) is 0 Å². The molecule has 0 aromatic heterocycles. The Morgan fingerprint density at radius 3 is 2.15 bits per heavy atom. The number of urea groups is 1. The minimum Gasteiger partial charge on any atom is -0.372 e. The van der Waals surface area contributed by atoms with Crippen LogP contribution in [0.15, 0.2) is 24.3 Å². The van der Waals surface area contributed by atoms with Crippen LogP contribution in [0.1, 0.15) is 52.9 Å². The molecule has 1 aliphatic carbocycles. The van der Waals surface area contributed by atoms with Gasteiger partial charge in [-0.05, 0) is 51.0 Å². The van der Waals surface area contributed by atoms with Crippen molar-refractivity contribution in [3.8, 4) is 0 Å². The van der Waals surface area contributed by atoms with Crippen molar-refractivity contribution in [2.45, 2.75) is 58.9 Å². The summed E-state index contributed by atoms with van der Waals surface area (Å²) in [4.78, 5) is 28.1. The summed E-state index contributed by atoms with van der Waals surface area (Å²) in [6, 6.07) is 8.18. The summed E-state index contributed by atoms with van der Waals surface area (Å²) in [6.07, 6.45) is 5.76. The van der Waals surface area contributed by atoms with E-state index in [9.17, 15) is 9.59 Å². The Morgan fingerprint density at radius 1 is 1.00 bits per heavy atom. The summed E-state index contributed by atoms with van der Waals surface area (Å²) < 4.78 is 0. The van der Waals surface area contributed by atoms with Crippen LogP contribution in [-0.2, 0) is 4.79 Å². The van der Waals surface area contributed by atoms with Gasteiger partial charge in [0.2, 0.25) is 5.91 Å². The Balaban J connectivity index is 1.86. The Bertz CT molecular complexity index is 593. The SMILES string of the molecule is CCN(CC)c1ccc(N(CCNC(=O)NC2CCCCC2)C(C)=O)cc1. The van der Waals surface area contributed by atoms with Crippen molar-refractivity contribution in [1.29, 1.82) is 0 Å². The molecule has 0 aliphatic heterocycles. The van der Waals surface area contributed by atoms with Crippen LogP contribution in [0.3, 0.4) is 0 Å². The Labute approximate surface area is 163 Å². The van der Waals surface area contributed by atoms with E-state index in [0.717, 1.165) is 37.3 Å². The average molecular weight is 375 g/mol. The van der Waals surface area contributed by atoms with Gasteiger partial charge in [0.25, 0.3) is 0 Å². The maximum absolute atomic E-state index is 12.1. The van der Waals surface area contributed by atoms with Crippen molar-refractivity contribution in [2.24, 2.45) is 0 Å². The summed E-state index contributed by atoms with van der Waals surface area (Å²) >= 11 is 0. The molecule has 1 fully saturated rings. The molecule has 6 nitrogen and oxygen atoms in total. The zero-order chi connectivity index (χ0) is 19.6. The van der Waals surface area contributed by atoms with Crippen LogP contribution < -0.4 is 20.4 Å². The molecule has 1 aromatic rings. The number of amides is 3. The molecule has 27 heavy (non-hydrogen) atoms. The molecule has 0 radical (unpaired) electrons. The van der Waals surface area contributed by atoms with Gasteiger partial charge in [0.05, 0.1) is 0 Å². The summed E-state index contributed by atoms with van der Waals surface area (Å²) in [6.45, 7) is 8.60. The van der Waals surface area contributed by atoms with E-state index >= 15 is 0 Å². The first-order valence-electron chi connectivity index (χ1n) is 10.2. The molecule has 0 unspecified atom stereocenters. The molecule has 150 valence electrons. The Kier molecular flexibility index (Phi) is 8.43. The second kappa shape index (κ2) is 10.8. The van der Waals surface area contributed by atoms with Gasteiger partial charge in [-0.15, -0.1) is 0 Å². The molecular weight excluding hydrogens is 340 g/mol. The van der Waals surface area contributed by atoms with E-state index < -0.39 is 0 Å². The lowest BCUT2D eigenvalue weighted by Gasteiger charge is -2.25. The van der Waals surface area contributed by atoms with Gasteiger partial charge >= 0.3 is 6.03 Å². The van der Waals surface area contributed by atoms with E-state index in [4.69, 9.17) is 0 Å². The smallest absolute Gasteiger partial charge is 0.315 e. The monoisotopic (exact) mass is 374 g/mol. The van der Waals surface area contributed by atoms with Gasteiger partial charge in [-0.3, -0.25) is 4.79 Å². The van der Waals surface area contributed by atoms with Gasteiger partial charge in [-0.25, -0.2) is 4.79 Å². The van der Waals surface area contributed by atoms with Gasteiger partial charge in [0.1, 0.15) is 0 Å². The highest BCUT2D eigenvalue weighted by atomic mass is 16.2. The summed E-state index contributed by atoms with van der Waals surface area (Å²) in [5.41, 5.74) is 2.00. The van der Waals surface area contributed by atoms with Crippen molar-refractivity contribution in [3.05, 3.63) is 24.3 Å². The normalized spacial score (nSPS) is 14.5. The molecule has 3 amide bonds. The van der Waals surface area contributed by atoms with Crippen LogP contribution in [0.4, 0.5) is 16.2 Å². The molecule has 1 aliphatic rings. The third-order valence-corrected chi connectivity index (χ3v) is 5.23. The van der Waals surface area contributed by atoms with Gasteiger partial charge in [0, 0.05) is 50.5 Å². The lowest BCUT2D eigenvalue weighted by molar-refractivity contribution is -0.116. The van der Waals surface area contributed by atoms with Crippen LogP contribution >= 0.6 is 0 Å². The van der Waals surface area contributed by atoms with Crippen LogP contribution in [-0.4, -0.2) is 44.2 Å². The summed E-state index contributed by atoms with van der Waals surface area (Å²) in [5, 5.41) is 5.92. The fourth-order valence-corrected chi connectivity index (χ4v) is 3.67. The van der Waals surface area contributed by atoms with Gasteiger partial charge in [-0.2, -0.15) is 0 Å². The zero-order valence-corrected chi connectivity index (χ0v) is 17.0. The van der Waals surface area contributed by atoms with E-state index in [0.29, 0.717) is 13.1 Å². The van der Waals surface area contributed by atoms with Crippen LogP contribution in [0.5, 0.6) is 0 Å². The number of carbonyl (C=O) groups excluding carboxylic acids is 2. The van der Waals surface area contributed by atoms with Crippen LogP contribution in [0.25, 0.3) is 0 Å². The molecule has 6 heteroatoms. The third-order valence-electron chi connectivity index (χ3n) is 5.23. The van der Waals surface area contributed by atoms with Crippen molar-refractivity contribution in [3.63, 3.8) is 0 Å². The van der Waals surface area contributed by atoms with E-state index in [1.165, 1.54) is 19.3 Å². The Hall–Kier alpha value is -2.24. The number of anilines is 2. The van der Waals surface area contributed by atoms with Gasteiger partial charge in [-0.1, -0.05) is 19.3 Å². The third kappa shape index (κ3) is 6.45. The van der Waals surface area contributed by atoms with Crippen molar-refractivity contribution in [2.75, 3.05) is 36.0 Å². The molecule has 0 saturated heterocycles. The highest BCUT2D eigenvalue weighted by Gasteiger charge is 2.16. The number of benzene rings is 1. The molecule has 1 saturated carbocycles. The molecule has 2 rings (SSSR count). The summed E-state index contributed by atoms with van der Waals surface area (Å²) in [7, 11) is 0. The number of hydrogen-bond donors (Lipinski definition) is 2. The Morgan fingerprint density at radius 2 is 1.59 bits per heavy atom.